The Morgan fingerprint density at radius 3 is 2.82 bits per heavy atom. The largest absolute Gasteiger partial charge is 0.396 e. The number of H-pyrrole nitrogens is 1. The van der Waals surface area contributed by atoms with Crippen LogP contribution in [0.4, 0.5) is 0 Å². The van der Waals surface area contributed by atoms with Gasteiger partial charge in [-0.25, -0.2) is 4.79 Å². The van der Waals surface area contributed by atoms with Crippen LogP contribution in [-0.4, -0.2) is 21.3 Å². The zero-order valence-corrected chi connectivity index (χ0v) is 10.1. The van der Waals surface area contributed by atoms with Gasteiger partial charge in [0.25, 0.3) is 5.56 Å². The van der Waals surface area contributed by atoms with E-state index in [0.717, 1.165) is 19.3 Å². The smallest absolute Gasteiger partial charge is 0.328 e. The predicted octanol–water partition coefficient (Wildman–Crippen LogP) is 0.599. The molecule has 5 nitrogen and oxygen atoms in total. The molecule has 0 saturated heterocycles. The molecule has 0 unspecified atom stereocenters. The normalized spacial score (nSPS) is 24.1. The number of halogens is 1. The molecular formula is C11H15ClN2O3. The number of nitrogens with one attached hydrogen (secondary N) is 1. The Balaban J connectivity index is 2.21. The van der Waals surface area contributed by atoms with E-state index in [2.05, 4.69) is 4.98 Å². The number of hydrogen-bond donors (Lipinski definition) is 2. The molecule has 0 bridgehead atoms. The molecule has 94 valence electrons. The summed E-state index contributed by atoms with van der Waals surface area (Å²) in [6.07, 6.45) is 4.43. The highest BCUT2D eigenvalue weighted by Gasteiger charge is 2.27. The van der Waals surface area contributed by atoms with Gasteiger partial charge in [0.2, 0.25) is 0 Å². The number of rotatable bonds is 3. The zero-order chi connectivity index (χ0) is 12.4. The maximum atomic E-state index is 11.6. The Bertz CT molecular complexity index is 508. The van der Waals surface area contributed by atoms with E-state index in [9.17, 15) is 14.7 Å². The maximum Gasteiger partial charge on any atom is 0.328 e. The highest BCUT2D eigenvalue weighted by atomic mass is 35.5. The van der Waals surface area contributed by atoms with Gasteiger partial charge in [-0.3, -0.25) is 14.3 Å². The van der Waals surface area contributed by atoms with Crippen LogP contribution in [0.1, 0.15) is 19.3 Å². The van der Waals surface area contributed by atoms with Crippen molar-refractivity contribution in [2.24, 2.45) is 11.8 Å². The summed E-state index contributed by atoms with van der Waals surface area (Å²) in [5.74, 6) is 0.521. The predicted molar refractivity (Wildman–Crippen MR) is 64.2 cm³/mol. The maximum absolute atomic E-state index is 11.6. The fourth-order valence-electron chi connectivity index (χ4n) is 2.47. The first kappa shape index (κ1) is 12.4. The number of aromatic amines is 1. The van der Waals surface area contributed by atoms with Gasteiger partial charge in [-0.15, -0.1) is 0 Å². The average Bonchev–Trinajstić information content (AvgIpc) is 2.73. The lowest BCUT2D eigenvalue weighted by Crippen LogP contribution is -2.32. The molecule has 2 N–H and O–H groups in total. The molecule has 1 aliphatic carbocycles. The Kier molecular flexibility index (Phi) is 3.69. The highest BCUT2D eigenvalue weighted by molar-refractivity contribution is 6.30. The molecule has 2 rings (SSSR count). The second-order valence-corrected chi connectivity index (χ2v) is 4.93. The second-order valence-electron chi connectivity index (χ2n) is 4.52. The molecule has 17 heavy (non-hydrogen) atoms. The van der Waals surface area contributed by atoms with Crippen LogP contribution >= 0.6 is 11.6 Å². The van der Waals surface area contributed by atoms with Crippen LogP contribution in [0.25, 0.3) is 0 Å². The van der Waals surface area contributed by atoms with Gasteiger partial charge in [0, 0.05) is 19.3 Å². The lowest BCUT2D eigenvalue weighted by atomic mass is 9.97. The number of hydrogen-bond acceptors (Lipinski definition) is 3. The van der Waals surface area contributed by atoms with Crippen LogP contribution in [0.3, 0.4) is 0 Å². The van der Waals surface area contributed by atoms with Crippen LogP contribution < -0.4 is 11.2 Å². The molecule has 0 amide bonds. The SMILES string of the molecule is O=c1[nH]c(=O)n(C[C@H]2CCC[C@H]2CO)cc1Cl. The number of nitrogens with zero attached hydrogens (tertiary/aromatic N) is 1. The quantitative estimate of drug-likeness (QED) is 0.834. The molecule has 1 aliphatic rings. The monoisotopic (exact) mass is 258 g/mol. The lowest BCUT2D eigenvalue weighted by molar-refractivity contribution is 0.183. The minimum absolute atomic E-state index is 0.0168. The molecule has 1 aromatic rings. The minimum atomic E-state index is -0.557. The molecule has 1 aromatic heterocycles. The van der Waals surface area contributed by atoms with Crippen molar-refractivity contribution in [2.45, 2.75) is 25.8 Å². The number of aliphatic hydroxyl groups excluding tert-OH is 1. The first-order valence-corrected chi connectivity index (χ1v) is 6.09. The van der Waals surface area contributed by atoms with Crippen molar-refractivity contribution in [1.82, 2.24) is 9.55 Å². The van der Waals surface area contributed by atoms with Crippen LogP contribution in [-0.2, 0) is 6.54 Å². The van der Waals surface area contributed by atoms with E-state index in [1.807, 2.05) is 0 Å². The van der Waals surface area contributed by atoms with E-state index in [1.165, 1.54) is 10.8 Å². The van der Waals surface area contributed by atoms with Gasteiger partial charge in [-0.1, -0.05) is 18.0 Å². The van der Waals surface area contributed by atoms with Gasteiger partial charge in [0.1, 0.15) is 5.02 Å². The lowest BCUT2D eigenvalue weighted by Gasteiger charge is -2.18. The van der Waals surface area contributed by atoms with Gasteiger partial charge in [-0.2, -0.15) is 0 Å². The second kappa shape index (κ2) is 5.06. The summed E-state index contributed by atoms with van der Waals surface area (Å²) in [6, 6.07) is 0. The van der Waals surface area contributed by atoms with Crippen LogP contribution in [0.15, 0.2) is 15.8 Å². The van der Waals surface area contributed by atoms with Crippen molar-refractivity contribution in [3.63, 3.8) is 0 Å². The van der Waals surface area contributed by atoms with Gasteiger partial charge in [0.05, 0.1) is 0 Å². The summed E-state index contributed by atoms with van der Waals surface area (Å²) in [7, 11) is 0. The summed E-state index contributed by atoms with van der Waals surface area (Å²) in [4.78, 5) is 24.8. The molecule has 0 aliphatic heterocycles. The molecule has 0 spiro atoms. The summed E-state index contributed by atoms with van der Waals surface area (Å²) in [5, 5.41) is 9.23. The Morgan fingerprint density at radius 1 is 1.41 bits per heavy atom. The summed E-state index contributed by atoms with van der Waals surface area (Å²) >= 11 is 5.69. The van der Waals surface area contributed by atoms with Crippen molar-refractivity contribution in [1.29, 1.82) is 0 Å². The third kappa shape index (κ3) is 2.61. The van der Waals surface area contributed by atoms with Crippen LogP contribution in [0.5, 0.6) is 0 Å². The van der Waals surface area contributed by atoms with E-state index in [-0.39, 0.29) is 23.5 Å². The van der Waals surface area contributed by atoms with E-state index < -0.39 is 11.2 Å². The van der Waals surface area contributed by atoms with Crippen LogP contribution in [0, 0.1) is 11.8 Å². The van der Waals surface area contributed by atoms with Crippen molar-refractivity contribution in [3.05, 3.63) is 32.1 Å². The van der Waals surface area contributed by atoms with E-state index in [4.69, 9.17) is 11.6 Å². The van der Waals surface area contributed by atoms with Gasteiger partial charge in [-0.05, 0) is 24.7 Å². The van der Waals surface area contributed by atoms with Gasteiger partial charge < -0.3 is 5.11 Å². The fraction of sp³-hybridized carbons (Fsp3) is 0.636. The molecule has 1 fully saturated rings. The molecule has 2 atom stereocenters. The summed E-state index contributed by atoms with van der Waals surface area (Å²) in [6.45, 7) is 0.650. The highest BCUT2D eigenvalue weighted by Crippen LogP contribution is 2.32. The minimum Gasteiger partial charge on any atom is -0.396 e. The van der Waals surface area contributed by atoms with E-state index in [0.29, 0.717) is 6.54 Å². The Labute approximate surface area is 103 Å². The third-order valence-corrected chi connectivity index (χ3v) is 3.72. The number of aromatic nitrogens is 2. The molecule has 1 saturated carbocycles. The number of aliphatic hydroxyl groups is 1. The third-order valence-electron chi connectivity index (χ3n) is 3.45. The van der Waals surface area contributed by atoms with Crippen molar-refractivity contribution in [3.8, 4) is 0 Å². The van der Waals surface area contributed by atoms with E-state index in [1.54, 1.807) is 0 Å². The first-order valence-electron chi connectivity index (χ1n) is 5.72. The molecular weight excluding hydrogens is 244 g/mol. The van der Waals surface area contributed by atoms with Crippen molar-refractivity contribution >= 4 is 11.6 Å². The van der Waals surface area contributed by atoms with Gasteiger partial charge in [0.15, 0.2) is 0 Å². The standard InChI is InChI=1S/C11H15ClN2O3/c12-9-5-14(11(17)13-10(9)16)4-7-2-1-3-8(7)6-15/h5,7-8,15H,1-4,6H2,(H,13,16,17)/t7-,8+/m1/s1. The Hall–Kier alpha value is -1.07. The van der Waals surface area contributed by atoms with Crippen molar-refractivity contribution < 1.29 is 5.11 Å². The topological polar surface area (TPSA) is 75.1 Å². The van der Waals surface area contributed by atoms with Gasteiger partial charge >= 0.3 is 5.69 Å². The molecule has 1 heterocycles. The summed E-state index contributed by atoms with van der Waals surface area (Å²) < 4.78 is 1.42. The fourth-order valence-corrected chi connectivity index (χ4v) is 2.63. The zero-order valence-electron chi connectivity index (χ0n) is 9.36. The molecule has 6 heteroatoms. The van der Waals surface area contributed by atoms with E-state index >= 15 is 0 Å². The van der Waals surface area contributed by atoms with Crippen molar-refractivity contribution in [2.75, 3.05) is 6.61 Å². The van der Waals surface area contributed by atoms with Crippen LogP contribution in [0.2, 0.25) is 5.02 Å². The average molecular weight is 259 g/mol. The summed E-state index contributed by atoms with van der Waals surface area (Å²) in [5.41, 5.74) is -0.999. The molecule has 0 aromatic carbocycles. The Morgan fingerprint density at radius 2 is 2.12 bits per heavy atom. The first-order chi connectivity index (χ1) is 8.11. The molecule has 0 radical (unpaired) electrons.